The number of hydrogen-bond donors (Lipinski definition) is 0. The van der Waals surface area contributed by atoms with E-state index in [4.69, 9.17) is 9.47 Å². The van der Waals surface area contributed by atoms with Gasteiger partial charge in [0.15, 0.2) is 0 Å². The second-order valence-corrected chi connectivity index (χ2v) is 4.36. The Hall–Kier alpha value is -1.10. The van der Waals surface area contributed by atoms with Gasteiger partial charge in [-0.15, -0.1) is 0 Å². The summed E-state index contributed by atoms with van der Waals surface area (Å²) in [6.45, 7) is 4.13. The lowest BCUT2D eigenvalue weighted by molar-refractivity contribution is -0.157. The fourth-order valence-electron chi connectivity index (χ4n) is 1.25. The van der Waals surface area contributed by atoms with Crippen LogP contribution in [0, 0.1) is 0 Å². The van der Waals surface area contributed by atoms with Crippen molar-refractivity contribution in [3.63, 3.8) is 0 Å². The summed E-state index contributed by atoms with van der Waals surface area (Å²) < 4.78 is 9.82. The first kappa shape index (κ1) is 15.9. The molecule has 100 valence electrons. The van der Waals surface area contributed by atoms with Crippen molar-refractivity contribution >= 4 is 11.9 Å². The van der Waals surface area contributed by atoms with Gasteiger partial charge in [-0.25, -0.2) is 0 Å². The lowest BCUT2D eigenvalue weighted by Crippen LogP contribution is -2.21. The van der Waals surface area contributed by atoms with Gasteiger partial charge in [0.1, 0.15) is 12.7 Å². The summed E-state index contributed by atoms with van der Waals surface area (Å²) in [5.41, 5.74) is 0. The summed E-state index contributed by atoms with van der Waals surface area (Å²) in [6.07, 6.45) is 1.83. The molecule has 0 bridgehead atoms. The van der Waals surface area contributed by atoms with Crippen molar-refractivity contribution in [1.29, 1.82) is 0 Å². The fourth-order valence-corrected chi connectivity index (χ4v) is 1.25. The minimum absolute atomic E-state index is 0.124. The van der Waals surface area contributed by atoms with Gasteiger partial charge in [0.2, 0.25) is 0 Å². The molecule has 0 rings (SSSR count). The SMILES string of the molecule is CC(=O)OCC(C)OC(=O)CCCCN(C)C. The topological polar surface area (TPSA) is 55.8 Å². The van der Waals surface area contributed by atoms with Gasteiger partial charge in [-0.3, -0.25) is 9.59 Å². The average molecular weight is 245 g/mol. The molecule has 0 aliphatic heterocycles. The van der Waals surface area contributed by atoms with Crippen molar-refractivity contribution in [1.82, 2.24) is 4.90 Å². The molecule has 1 unspecified atom stereocenters. The quantitative estimate of drug-likeness (QED) is 0.475. The molecule has 0 amide bonds. The van der Waals surface area contributed by atoms with Crippen LogP contribution in [0.25, 0.3) is 0 Å². The van der Waals surface area contributed by atoms with Crippen LogP contribution >= 0.6 is 0 Å². The van der Waals surface area contributed by atoms with Crippen molar-refractivity contribution in [2.24, 2.45) is 0 Å². The van der Waals surface area contributed by atoms with Crippen LogP contribution in [0.3, 0.4) is 0 Å². The number of ether oxygens (including phenoxy) is 2. The van der Waals surface area contributed by atoms with Crippen LogP contribution in [-0.4, -0.2) is 50.2 Å². The van der Waals surface area contributed by atoms with E-state index in [-0.39, 0.29) is 24.6 Å². The smallest absolute Gasteiger partial charge is 0.306 e. The zero-order chi connectivity index (χ0) is 13.3. The lowest BCUT2D eigenvalue weighted by atomic mass is 10.2. The number of esters is 2. The molecule has 0 N–H and O–H groups in total. The summed E-state index contributed by atoms with van der Waals surface area (Å²) in [4.78, 5) is 24.0. The number of carbonyl (C=O) groups excluding carboxylic acids is 2. The van der Waals surface area contributed by atoms with Crippen molar-refractivity contribution in [2.75, 3.05) is 27.2 Å². The molecule has 0 aromatic carbocycles. The number of rotatable bonds is 8. The Labute approximate surface area is 103 Å². The van der Waals surface area contributed by atoms with E-state index in [1.807, 2.05) is 14.1 Å². The molecule has 0 fully saturated rings. The van der Waals surface area contributed by atoms with Gasteiger partial charge in [0, 0.05) is 13.3 Å². The molecule has 5 nitrogen and oxygen atoms in total. The highest BCUT2D eigenvalue weighted by atomic mass is 16.6. The van der Waals surface area contributed by atoms with Crippen LogP contribution < -0.4 is 0 Å². The van der Waals surface area contributed by atoms with Gasteiger partial charge < -0.3 is 14.4 Å². The van der Waals surface area contributed by atoms with E-state index in [2.05, 4.69) is 4.90 Å². The van der Waals surface area contributed by atoms with Gasteiger partial charge in [-0.2, -0.15) is 0 Å². The van der Waals surface area contributed by atoms with Crippen molar-refractivity contribution in [2.45, 2.75) is 39.2 Å². The van der Waals surface area contributed by atoms with Gasteiger partial charge >= 0.3 is 11.9 Å². The molecule has 0 aliphatic carbocycles. The molecule has 0 aliphatic rings. The number of carbonyl (C=O) groups is 2. The maximum absolute atomic E-state index is 11.4. The van der Waals surface area contributed by atoms with Crippen molar-refractivity contribution in [3.8, 4) is 0 Å². The Bertz CT molecular complexity index is 241. The van der Waals surface area contributed by atoms with E-state index < -0.39 is 0 Å². The first-order chi connectivity index (χ1) is 7.91. The molecule has 1 atom stereocenters. The molecular weight excluding hydrogens is 222 g/mol. The molecule has 0 aromatic rings. The average Bonchev–Trinajstić information content (AvgIpc) is 2.21. The number of nitrogens with zero attached hydrogens (tertiary/aromatic N) is 1. The second-order valence-electron chi connectivity index (χ2n) is 4.36. The maximum Gasteiger partial charge on any atom is 0.306 e. The first-order valence-electron chi connectivity index (χ1n) is 5.89. The maximum atomic E-state index is 11.4. The van der Waals surface area contributed by atoms with Crippen LogP contribution in [0.1, 0.15) is 33.1 Å². The number of hydrogen-bond acceptors (Lipinski definition) is 5. The molecule has 0 heterocycles. The predicted molar refractivity (Wildman–Crippen MR) is 64.6 cm³/mol. The number of unbranched alkanes of at least 4 members (excludes halogenated alkanes) is 1. The van der Waals surface area contributed by atoms with Gasteiger partial charge in [-0.1, -0.05) is 0 Å². The fraction of sp³-hybridized carbons (Fsp3) is 0.833. The lowest BCUT2D eigenvalue weighted by Gasteiger charge is -2.13. The summed E-state index contributed by atoms with van der Waals surface area (Å²) in [6, 6.07) is 0. The Morgan fingerprint density at radius 3 is 2.41 bits per heavy atom. The largest absolute Gasteiger partial charge is 0.462 e. The standard InChI is InChI=1S/C12H23NO4/c1-10(9-16-11(2)14)17-12(15)7-5-6-8-13(3)4/h10H,5-9H2,1-4H3. The van der Waals surface area contributed by atoms with E-state index in [1.165, 1.54) is 6.92 Å². The summed E-state index contributed by atoms with van der Waals surface area (Å²) in [7, 11) is 4.00. The zero-order valence-corrected chi connectivity index (χ0v) is 11.2. The highest BCUT2D eigenvalue weighted by molar-refractivity contribution is 5.69. The highest BCUT2D eigenvalue weighted by Crippen LogP contribution is 2.02. The molecular formula is C12H23NO4. The minimum atomic E-state index is -0.375. The Balaban J connectivity index is 3.53. The monoisotopic (exact) mass is 245 g/mol. The molecule has 0 spiro atoms. The molecule has 0 aromatic heterocycles. The summed E-state index contributed by atoms with van der Waals surface area (Å²) >= 11 is 0. The normalized spacial score (nSPS) is 12.3. The van der Waals surface area contributed by atoms with Crippen LogP contribution in [0.4, 0.5) is 0 Å². The first-order valence-corrected chi connectivity index (χ1v) is 5.89. The Morgan fingerprint density at radius 2 is 1.88 bits per heavy atom. The van der Waals surface area contributed by atoms with E-state index >= 15 is 0 Å². The third-order valence-corrected chi connectivity index (χ3v) is 2.09. The molecule has 0 radical (unpaired) electrons. The molecule has 0 saturated carbocycles. The van der Waals surface area contributed by atoms with Crippen LogP contribution in [-0.2, 0) is 19.1 Å². The van der Waals surface area contributed by atoms with Gasteiger partial charge in [-0.05, 0) is 40.4 Å². The van der Waals surface area contributed by atoms with E-state index in [1.54, 1.807) is 6.92 Å². The second kappa shape index (κ2) is 8.98. The van der Waals surface area contributed by atoms with Crippen LogP contribution in [0.15, 0.2) is 0 Å². The minimum Gasteiger partial charge on any atom is -0.462 e. The van der Waals surface area contributed by atoms with Crippen LogP contribution in [0.5, 0.6) is 0 Å². The van der Waals surface area contributed by atoms with E-state index in [0.717, 1.165) is 19.4 Å². The Kier molecular flexibility index (Phi) is 8.40. The third-order valence-electron chi connectivity index (χ3n) is 2.09. The van der Waals surface area contributed by atoms with Gasteiger partial charge in [0.05, 0.1) is 0 Å². The zero-order valence-electron chi connectivity index (χ0n) is 11.2. The highest BCUT2D eigenvalue weighted by Gasteiger charge is 2.10. The van der Waals surface area contributed by atoms with Gasteiger partial charge in [0.25, 0.3) is 0 Å². The van der Waals surface area contributed by atoms with E-state index in [9.17, 15) is 9.59 Å². The summed E-state index contributed by atoms with van der Waals surface area (Å²) in [5, 5.41) is 0. The van der Waals surface area contributed by atoms with E-state index in [0.29, 0.717) is 6.42 Å². The molecule has 0 saturated heterocycles. The van der Waals surface area contributed by atoms with Crippen molar-refractivity contribution < 1.29 is 19.1 Å². The third kappa shape index (κ3) is 11.2. The molecule has 17 heavy (non-hydrogen) atoms. The van der Waals surface area contributed by atoms with Crippen LogP contribution in [0.2, 0.25) is 0 Å². The molecule has 5 heteroatoms. The van der Waals surface area contributed by atoms with Crippen molar-refractivity contribution in [3.05, 3.63) is 0 Å². The predicted octanol–water partition coefficient (Wildman–Crippen LogP) is 1.21. The summed E-state index contributed by atoms with van der Waals surface area (Å²) in [5.74, 6) is -0.595. The Morgan fingerprint density at radius 1 is 1.24 bits per heavy atom.